The Kier molecular flexibility index (Phi) is 3.40. The molecule has 0 aromatic heterocycles. The van der Waals surface area contributed by atoms with Crippen molar-refractivity contribution in [1.82, 2.24) is 0 Å². The van der Waals surface area contributed by atoms with Gasteiger partial charge in [-0.2, -0.15) is 5.26 Å². The maximum atomic E-state index is 10.5. The highest BCUT2D eigenvalue weighted by molar-refractivity contribution is 5.39. The number of nitriles is 1. The van der Waals surface area contributed by atoms with Gasteiger partial charge in [-0.05, 0) is 31.4 Å². The molecule has 4 nitrogen and oxygen atoms in total. The van der Waals surface area contributed by atoms with Crippen molar-refractivity contribution in [1.29, 1.82) is 5.26 Å². The first-order valence-corrected chi connectivity index (χ1v) is 4.68. The lowest BCUT2D eigenvalue weighted by Gasteiger charge is -2.06. The van der Waals surface area contributed by atoms with E-state index in [1.807, 2.05) is 13.8 Å². The summed E-state index contributed by atoms with van der Waals surface area (Å²) in [6, 6.07) is 6.89. The van der Waals surface area contributed by atoms with E-state index in [-0.39, 0.29) is 11.6 Å². The van der Waals surface area contributed by atoms with E-state index < -0.39 is 4.92 Å². The van der Waals surface area contributed by atoms with Gasteiger partial charge in [0.15, 0.2) is 0 Å². The second-order valence-electron chi connectivity index (χ2n) is 3.60. The van der Waals surface area contributed by atoms with Crippen LogP contribution in [-0.2, 0) is 6.42 Å². The van der Waals surface area contributed by atoms with Gasteiger partial charge in [-0.25, -0.2) is 0 Å². The maximum absolute atomic E-state index is 10.5. The minimum atomic E-state index is -0.412. The first kappa shape index (κ1) is 11.2. The SMILES string of the molecule is Cc1cc([N+](=O)[O-])ccc1CC(C)C#N. The molecular weight excluding hydrogens is 192 g/mol. The highest BCUT2D eigenvalue weighted by Gasteiger charge is 2.09. The number of non-ortho nitro benzene ring substituents is 1. The van der Waals surface area contributed by atoms with Crippen molar-refractivity contribution in [3.63, 3.8) is 0 Å². The van der Waals surface area contributed by atoms with E-state index in [1.165, 1.54) is 6.07 Å². The summed E-state index contributed by atoms with van der Waals surface area (Å²) in [7, 11) is 0. The van der Waals surface area contributed by atoms with Gasteiger partial charge in [-0.3, -0.25) is 10.1 Å². The molecule has 78 valence electrons. The number of benzene rings is 1. The number of hydrogen-bond acceptors (Lipinski definition) is 3. The lowest BCUT2D eigenvalue weighted by molar-refractivity contribution is -0.384. The average Bonchev–Trinajstić information content (AvgIpc) is 2.20. The largest absolute Gasteiger partial charge is 0.269 e. The van der Waals surface area contributed by atoms with Crippen LogP contribution in [0, 0.1) is 34.3 Å². The summed E-state index contributed by atoms with van der Waals surface area (Å²) in [5.74, 6) is -0.0647. The molecule has 1 aromatic carbocycles. The van der Waals surface area contributed by atoms with Gasteiger partial charge in [0.05, 0.1) is 11.0 Å². The van der Waals surface area contributed by atoms with Gasteiger partial charge in [0, 0.05) is 18.1 Å². The van der Waals surface area contributed by atoms with E-state index in [2.05, 4.69) is 6.07 Å². The van der Waals surface area contributed by atoms with Gasteiger partial charge in [0.1, 0.15) is 0 Å². The molecule has 0 aliphatic carbocycles. The molecule has 0 fully saturated rings. The van der Waals surface area contributed by atoms with Gasteiger partial charge in [-0.15, -0.1) is 0 Å². The van der Waals surface area contributed by atoms with Gasteiger partial charge in [-0.1, -0.05) is 6.07 Å². The van der Waals surface area contributed by atoms with E-state index in [0.29, 0.717) is 6.42 Å². The van der Waals surface area contributed by atoms with E-state index in [1.54, 1.807) is 12.1 Å². The van der Waals surface area contributed by atoms with Crippen LogP contribution in [0.3, 0.4) is 0 Å². The Hall–Kier alpha value is -1.89. The summed E-state index contributed by atoms with van der Waals surface area (Å²) in [6.07, 6.45) is 0.639. The van der Waals surface area contributed by atoms with Crippen LogP contribution in [-0.4, -0.2) is 4.92 Å². The highest BCUT2D eigenvalue weighted by Crippen LogP contribution is 2.19. The second-order valence-corrected chi connectivity index (χ2v) is 3.60. The molecule has 0 heterocycles. The third kappa shape index (κ3) is 2.78. The molecular formula is C11H12N2O2. The van der Waals surface area contributed by atoms with Crippen molar-refractivity contribution in [2.45, 2.75) is 20.3 Å². The quantitative estimate of drug-likeness (QED) is 0.561. The van der Waals surface area contributed by atoms with E-state index >= 15 is 0 Å². The molecule has 1 rings (SSSR count). The number of nitro benzene ring substituents is 1. The zero-order valence-corrected chi connectivity index (χ0v) is 8.73. The van der Waals surface area contributed by atoms with E-state index in [9.17, 15) is 10.1 Å². The third-order valence-electron chi connectivity index (χ3n) is 2.28. The molecule has 1 atom stereocenters. The molecule has 0 aliphatic rings. The van der Waals surface area contributed by atoms with Crippen LogP contribution < -0.4 is 0 Å². The summed E-state index contributed by atoms with van der Waals surface area (Å²) in [4.78, 5) is 10.1. The Morgan fingerprint density at radius 3 is 2.73 bits per heavy atom. The number of rotatable bonds is 3. The van der Waals surface area contributed by atoms with Gasteiger partial charge in [0.2, 0.25) is 0 Å². The summed E-state index contributed by atoms with van der Waals surface area (Å²) in [5, 5.41) is 19.2. The molecule has 0 aliphatic heterocycles. The van der Waals surface area contributed by atoms with Crippen molar-refractivity contribution in [3.8, 4) is 6.07 Å². The van der Waals surface area contributed by atoms with Crippen molar-refractivity contribution >= 4 is 5.69 Å². The van der Waals surface area contributed by atoms with Crippen LogP contribution in [0.25, 0.3) is 0 Å². The monoisotopic (exact) mass is 204 g/mol. The summed E-state index contributed by atoms with van der Waals surface area (Å²) in [6.45, 7) is 3.66. The Morgan fingerprint density at radius 1 is 1.60 bits per heavy atom. The van der Waals surface area contributed by atoms with Crippen molar-refractivity contribution in [3.05, 3.63) is 39.4 Å². The number of nitrogens with zero attached hydrogens (tertiary/aromatic N) is 2. The van der Waals surface area contributed by atoms with Crippen LogP contribution in [0.5, 0.6) is 0 Å². The summed E-state index contributed by atoms with van der Waals surface area (Å²) in [5.41, 5.74) is 1.96. The highest BCUT2D eigenvalue weighted by atomic mass is 16.6. The van der Waals surface area contributed by atoms with E-state index in [0.717, 1.165) is 11.1 Å². The lowest BCUT2D eigenvalue weighted by atomic mass is 9.98. The van der Waals surface area contributed by atoms with Crippen molar-refractivity contribution in [2.24, 2.45) is 5.92 Å². The van der Waals surface area contributed by atoms with Gasteiger partial charge < -0.3 is 0 Å². The van der Waals surface area contributed by atoms with Crippen LogP contribution in [0.4, 0.5) is 5.69 Å². The maximum Gasteiger partial charge on any atom is 0.269 e. The molecule has 4 heteroatoms. The second kappa shape index (κ2) is 4.56. The number of aryl methyl sites for hydroxylation is 1. The molecule has 0 spiro atoms. The molecule has 0 radical (unpaired) electrons. The van der Waals surface area contributed by atoms with Crippen LogP contribution in [0.2, 0.25) is 0 Å². The first-order chi connectivity index (χ1) is 7.04. The molecule has 0 amide bonds. The lowest BCUT2D eigenvalue weighted by Crippen LogP contribution is -1.99. The summed E-state index contributed by atoms with van der Waals surface area (Å²) >= 11 is 0. The minimum Gasteiger partial charge on any atom is -0.258 e. The molecule has 1 aromatic rings. The van der Waals surface area contributed by atoms with Crippen molar-refractivity contribution in [2.75, 3.05) is 0 Å². The van der Waals surface area contributed by atoms with Gasteiger partial charge >= 0.3 is 0 Å². The Labute approximate surface area is 88.3 Å². The van der Waals surface area contributed by atoms with Crippen LogP contribution in [0.15, 0.2) is 18.2 Å². The minimum absolute atomic E-state index is 0.0647. The zero-order valence-electron chi connectivity index (χ0n) is 8.73. The fourth-order valence-electron chi connectivity index (χ4n) is 1.40. The fourth-order valence-corrected chi connectivity index (χ4v) is 1.40. The summed E-state index contributed by atoms with van der Waals surface area (Å²) < 4.78 is 0. The molecule has 1 unspecified atom stereocenters. The molecule has 0 saturated heterocycles. The Bertz CT molecular complexity index is 421. The topological polar surface area (TPSA) is 66.9 Å². The molecule has 15 heavy (non-hydrogen) atoms. The Morgan fingerprint density at radius 2 is 2.27 bits per heavy atom. The van der Waals surface area contributed by atoms with Gasteiger partial charge in [0.25, 0.3) is 5.69 Å². The fraction of sp³-hybridized carbons (Fsp3) is 0.364. The van der Waals surface area contributed by atoms with E-state index in [4.69, 9.17) is 5.26 Å². The predicted molar refractivity (Wildman–Crippen MR) is 56.3 cm³/mol. The molecule has 0 N–H and O–H groups in total. The molecule has 0 bridgehead atoms. The average molecular weight is 204 g/mol. The normalized spacial score (nSPS) is 11.8. The van der Waals surface area contributed by atoms with Crippen LogP contribution >= 0.6 is 0 Å². The number of nitro groups is 1. The van der Waals surface area contributed by atoms with Crippen LogP contribution in [0.1, 0.15) is 18.1 Å². The Balaban J connectivity index is 2.94. The predicted octanol–water partition coefficient (Wildman–Crippen LogP) is 2.61. The molecule has 0 saturated carbocycles. The number of hydrogen-bond donors (Lipinski definition) is 0. The smallest absolute Gasteiger partial charge is 0.258 e. The standard InChI is InChI=1S/C11H12N2O2/c1-8(7-12)5-10-3-4-11(13(14)15)6-9(10)2/h3-4,6,8H,5H2,1-2H3. The van der Waals surface area contributed by atoms with Crippen molar-refractivity contribution < 1.29 is 4.92 Å². The first-order valence-electron chi connectivity index (χ1n) is 4.68. The zero-order chi connectivity index (χ0) is 11.4. The third-order valence-corrected chi connectivity index (χ3v) is 2.28.